The summed E-state index contributed by atoms with van der Waals surface area (Å²) in [6, 6.07) is 0. The summed E-state index contributed by atoms with van der Waals surface area (Å²) < 4.78 is 6.90. The van der Waals surface area contributed by atoms with Crippen LogP contribution in [0.3, 0.4) is 0 Å². The quantitative estimate of drug-likeness (QED) is 0.680. The minimum atomic E-state index is 0.212. The Balaban J connectivity index is 2.13. The highest BCUT2D eigenvalue weighted by atomic mass is 35.5. The Morgan fingerprint density at radius 1 is 1.24 bits per heavy atom. The zero-order valence-corrected chi connectivity index (χ0v) is 10.1. The van der Waals surface area contributed by atoms with Gasteiger partial charge >= 0.3 is 0 Å². The van der Waals surface area contributed by atoms with Crippen molar-refractivity contribution in [1.82, 2.24) is 25.0 Å². The van der Waals surface area contributed by atoms with Crippen LogP contribution in [-0.2, 0) is 11.8 Å². The fraction of sp³-hybridized carbons (Fsp3) is 0.556. The Morgan fingerprint density at radius 3 is 2.76 bits per heavy atom. The van der Waals surface area contributed by atoms with Gasteiger partial charge in [-0.1, -0.05) is 5.21 Å². The maximum atomic E-state index is 5.92. The average molecular weight is 255 g/mol. The molecule has 0 bridgehead atoms. The van der Waals surface area contributed by atoms with E-state index in [4.69, 9.17) is 16.3 Å². The highest BCUT2D eigenvalue weighted by Crippen LogP contribution is 2.23. The van der Waals surface area contributed by atoms with Crippen LogP contribution in [0.5, 0.6) is 0 Å². The lowest BCUT2D eigenvalue weighted by Gasteiger charge is -2.27. The van der Waals surface area contributed by atoms with E-state index in [-0.39, 0.29) is 5.28 Å². The minimum Gasteiger partial charge on any atom is -0.378 e. The number of anilines is 1. The van der Waals surface area contributed by atoms with E-state index in [0.717, 1.165) is 18.9 Å². The van der Waals surface area contributed by atoms with Crippen molar-refractivity contribution in [1.29, 1.82) is 0 Å². The Kier molecular flexibility index (Phi) is 2.56. The molecule has 1 aliphatic rings. The highest BCUT2D eigenvalue weighted by Gasteiger charge is 2.19. The molecule has 90 valence electrons. The van der Waals surface area contributed by atoms with Gasteiger partial charge in [0.15, 0.2) is 17.0 Å². The molecule has 3 heterocycles. The monoisotopic (exact) mass is 254 g/mol. The lowest BCUT2D eigenvalue weighted by atomic mass is 10.4. The van der Waals surface area contributed by atoms with Crippen LogP contribution in [-0.4, -0.2) is 51.3 Å². The van der Waals surface area contributed by atoms with Crippen molar-refractivity contribution in [3.8, 4) is 0 Å². The number of hydrogen-bond acceptors (Lipinski definition) is 6. The van der Waals surface area contributed by atoms with Crippen molar-refractivity contribution in [2.75, 3.05) is 31.2 Å². The predicted molar refractivity (Wildman–Crippen MR) is 62.1 cm³/mol. The SMILES string of the molecule is Cn1nnc2c(N3CCOCC3)nc(Cl)nc21. The highest BCUT2D eigenvalue weighted by molar-refractivity contribution is 6.28. The molecule has 0 aromatic carbocycles. The van der Waals surface area contributed by atoms with Crippen molar-refractivity contribution in [2.24, 2.45) is 7.05 Å². The molecule has 3 rings (SSSR count). The van der Waals surface area contributed by atoms with Gasteiger partial charge in [0.2, 0.25) is 5.28 Å². The van der Waals surface area contributed by atoms with E-state index in [9.17, 15) is 0 Å². The van der Waals surface area contributed by atoms with Gasteiger partial charge in [-0.3, -0.25) is 0 Å². The van der Waals surface area contributed by atoms with E-state index in [1.54, 1.807) is 11.7 Å². The van der Waals surface area contributed by atoms with Gasteiger partial charge in [0.05, 0.1) is 13.2 Å². The van der Waals surface area contributed by atoms with Gasteiger partial charge in [0.1, 0.15) is 0 Å². The number of nitrogens with zero attached hydrogens (tertiary/aromatic N) is 6. The zero-order chi connectivity index (χ0) is 11.8. The number of ether oxygens (including phenoxy) is 1. The number of morpholine rings is 1. The van der Waals surface area contributed by atoms with E-state index in [0.29, 0.717) is 24.4 Å². The fourth-order valence-electron chi connectivity index (χ4n) is 1.87. The molecule has 0 radical (unpaired) electrons. The van der Waals surface area contributed by atoms with E-state index < -0.39 is 0 Å². The van der Waals surface area contributed by atoms with E-state index in [1.807, 2.05) is 0 Å². The van der Waals surface area contributed by atoms with Gasteiger partial charge in [-0.15, -0.1) is 5.10 Å². The number of aromatic nitrogens is 5. The van der Waals surface area contributed by atoms with Crippen molar-refractivity contribution < 1.29 is 4.74 Å². The molecule has 17 heavy (non-hydrogen) atoms. The third-order valence-corrected chi connectivity index (χ3v) is 2.88. The minimum absolute atomic E-state index is 0.212. The summed E-state index contributed by atoms with van der Waals surface area (Å²) in [5.74, 6) is 0.733. The van der Waals surface area contributed by atoms with Crippen LogP contribution in [0.15, 0.2) is 0 Å². The molecule has 0 N–H and O–H groups in total. The molecule has 0 amide bonds. The van der Waals surface area contributed by atoms with Crippen LogP contribution in [0.1, 0.15) is 0 Å². The number of fused-ring (bicyclic) bond motifs is 1. The molecular formula is C9H11ClN6O. The second kappa shape index (κ2) is 4.08. The topological polar surface area (TPSA) is 69.0 Å². The molecule has 0 saturated carbocycles. The first kappa shape index (κ1) is 10.7. The number of hydrogen-bond donors (Lipinski definition) is 0. The van der Waals surface area contributed by atoms with Crippen molar-refractivity contribution in [2.45, 2.75) is 0 Å². The van der Waals surface area contributed by atoms with Crippen LogP contribution in [0, 0.1) is 0 Å². The van der Waals surface area contributed by atoms with Gasteiger partial charge in [-0.2, -0.15) is 9.97 Å². The molecule has 1 fully saturated rings. The predicted octanol–water partition coefficient (Wildman–Crippen LogP) is 0.248. The molecule has 0 spiro atoms. The normalized spacial score (nSPS) is 16.7. The number of rotatable bonds is 1. The lowest BCUT2D eigenvalue weighted by molar-refractivity contribution is 0.122. The molecule has 1 saturated heterocycles. The van der Waals surface area contributed by atoms with Gasteiger partial charge < -0.3 is 9.64 Å². The third-order valence-electron chi connectivity index (χ3n) is 2.72. The maximum Gasteiger partial charge on any atom is 0.226 e. The van der Waals surface area contributed by atoms with Crippen molar-refractivity contribution in [3.05, 3.63) is 5.28 Å². The van der Waals surface area contributed by atoms with E-state index in [1.165, 1.54) is 0 Å². The van der Waals surface area contributed by atoms with Crippen LogP contribution < -0.4 is 4.90 Å². The van der Waals surface area contributed by atoms with Crippen LogP contribution in [0.4, 0.5) is 5.82 Å². The molecule has 0 atom stereocenters. The van der Waals surface area contributed by atoms with E-state index >= 15 is 0 Å². The van der Waals surface area contributed by atoms with Gasteiger partial charge in [0, 0.05) is 20.1 Å². The van der Waals surface area contributed by atoms with E-state index in [2.05, 4.69) is 25.2 Å². The lowest BCUT2D eigenvalue weighted by Crippen LogP contribution is -2.37. The average Bonchev–Trinajstić information content (AvgIpc) is 2.72. The van der Waals surface area contributed by atoms with Gasteiger partial charge in [0.25, 0.3) is 0 Å². The summed E-state index contributed by atoms with van der Waals surface area (Å²) in [4.78, 5) is 10.5. The van der Waals surface area contributed by atoms with Crippen molar-refractivity contribution in [3.63, 3.8) is 0 Å². The zero-order valence-electron chi connectivity index (χ0n) is 9.30. The first-order valence-corrected chi connectivity index (χ1v) is 5.69. The summed E-state index contributed by atoms with van der Waals surface area (Å²) in [7, 11) is 1.78. The Bertz CT molecular complexity index is 550. The number of halogens is 1. The smallest absolute Gasteiger partial charge is 0.226 e. The number of aryl methyl sites for hydroxylation is 1. The van der Waals surface area contributed by atoms with Crippen LogP contribution >= 0.6 is 11.6 Å². The van der Waals surface area contributed by atoms with Crippen molar-refractivity contribution >= 4 is 28.6 Å². The molecule has 7 nitrogen and oxygen atoms in total. The second-order valence-corrected chi connectivity index (χ2v) is 4.14. The molecule has 1 aliphatic heterocycles. The molecule has 2 aromatic rings. The largest absolute Gasteiger partial charge is 0.378 e. The first-order chi connectivity index (χ1) is 8.25. The molecule has 0 aliphatic carbocycles. The molecule has 0 unspecified atom stereocenters. The Labute approximate surface area is 102 Å². The summed E-state index contributed by atoms with van der Waals surface area (Å²) in [5.41, 5.74) is 1.32. The maximum absolute atomic E-state index is 5.92. The summed E-state index contributed by atoms with van der Waals surface area (Å²) in [5, 5.41) is 8.23. The standard InChI is InChI=1S/C9H11ClN6O/c1-15-7-6(13-14-15)8(12-9(10)11-7)16-2-4-17-5-3-16/h2-5H2,1H3. The summed E-state index contributed by atoms with van der Waals surface area (Å²) in [6.45, 7) is 2.92. The molecule has 2 aromatic heterocycles. The first-order valence-electron chi connectivity index (χ1n) is 5.31. The van der Waals surface area contributed by atoms with Gasteiger partial charge in [-0.25, -0.2) is 4.68 Å². The third kappa shape index (κ3) is 1.81. The Hall–Kier alpha value is -1.47. The summed E-state index contributed by atoms with van der Waals surface area (Å²) >= 11 is 5.92. The fourth-order valence-corrected chi connectivity index (χ4v) is 2.03. The Morgan fingerprint density at radius 2 is 2.00 bits per heavy atom. The molecular weight excluding hydrogens is 244 g/mol. The molecule has 8 heteroatoms. The second-order valence-electron chi connectivity index (χ2n) is 3.80. The van der Waals surface area contributed by atoms with Crippen LogP contribution in [0.2, 0.25) is 5.28 Å². The summed E-state index contributed by atoms with van der Waals surface area (Å²) in [6.07, 6.45) is 0. The van der Waals surface area contributed by atoms with Gasteiger partial charge in [-0.05, 0) is 11.6 Å². The van der Waals surface area contributed by atoms with Crippen LogP contribution in [0.25, 0.3) is 11.2 Å².